The van der Waals surface area contributed by atoms with Crippen LogP contribution in [-0.2, 0) is 9.59 Å². The van der Waals surface area contributed by atoms with E-state index in [4.69, 9.17) is 0 Å². The quantitative estimate of drug-likeness (QED) is 0.814. The molecule has 0 aromatic heterocycles. The minimum absolute atomic E-state index is 0.129. The van der Waals surface area contributed by atoms with Crippen molar-refractivity contribution in [1.82, 2.24) is 10.2 Å². The van der Waals surface area contributed by atoms with Crippen molar-refractivity contribution in [2.75, 3.05) is 13.1 Å². The molecule has 0 atom stereocenters. The monoisotopic (exact) mass is 294 g/mol. The maximum absolute atomic E-state index is 13.0. The van der Waals surface area contributed by atoms with Crippen LogP contribution in [0.4, 0.5) is 0 Å². The van der Waals surface area contributed by atoms with Gasteiger partial charge in [0.2, 0.25) is 5.91 Å². The van der Waals surface area contributed by atoms with E-state index < -0.39 is 0 Å². The van der Waals surface area contributed by atoms with Crippen LogP contribution >= 0.6 is 0 Å². The van der Waals surface area contributed by atoms with Gasteiger partial charge < -0.3 is 5.32 Å². The molecule has 0 saturated carbocycles. The molecule has 1 heterocycles. The summed E-state index contributed by atoms with van der Waals surface area (Å²) in [5, 5.41) is 3.23. The Morgan fingerprint density at radius 2 is 1.62 bits per heavy atom. The lowest BCUT2D eigenvalue weighted by Crippen LogP contribution is -2.41. The first kappa shape index (κ1) is 17.7. The van der Waals surface area contributed by atoms with Crippen LogP contribution in [0.2, 0.25) is 0 Å². The van der Waals surface area contributed by atoms with Gasteiger partial charge in [-0.2, -0.15) is 0 Å². The van der Waals surface area contributed by atoms with Gasteiger partial charge >= 0.3 is 0 Å². The summed E-state index contributed by atoms with van der Waals surface area (Å²) >= 11 is 0. The van der Waals surface area contributed by atoms with Gasteiger partial charge in [-0.3, -0.25) is 14.5 Å². The summed E-state index contributed by atoms with van der Waals surface area (Å²) in [5.74, 6) is -0.259. The first-order valence-electron chi connectivity index (χ1n) is 7.84. The summed E-state index contributed by atoms with van der Waals surface area (Å²) in [5.41, 5.74) is 1.13. The second-order valence-corrected chi connectivity index (χ2v) is 7.81. The van der Waals surface area contributed by atoms with E-state index in [0.717, 1.165) is 24.1 Å². The summed E-state index contributed by atoms with van der Waals surface area (Å²) in [7, 11) is 0. The largest absolute Gasteiger partial charge is 0.379 e. The van der Waals surface area contributed by atoms with Gasteiger partial charge in [0.15, 0.2) is 0 Å². The highest BCUT2D eigenvalue weighted by Gasteiger charge is 2.38. The molecule has 0 radical (unpaired) electrons. The smallest absolute Gasteiger partial charge is 0.258 e. The van der Waals surface area contributed by atoms with E-state index in [0.29, 0.717) is 6.54 Å². The third kappa shape index (κ3) is 4.08. The summed E-state index contributed by atoms with van der Waals surface area (Å²) in [6.07, 6.45) is 1.81. The van der Waals surface area contributed by atoms with Crippen molar-refractivity contribution in [1.29, 1.82) is 0 Å². The fraction of sp³-hybridized carbons (Fsp3) is 0.765. The lowest BCUT2D eigenvalue weighted by molar-refractivity contribution is -0.141. The topological polar surface area (TPSA) is 49.4 Å². The Morgan fingerprint density at radius 3 is 2.05 bits per heavy atom. The predicted octanol–water partition coefficient (Wildman–Crippen LogP) is 3.09. The van der Waals surface area contributed by atoms with Crippen molar-refractivity contribution < 1.29 is 9.59 Å². The van der Waals surface area contributed by atoms with Crippen molar-refractivity contribution >= 4 is 11.8 Å². The Hall–Kier alpha value is -1.32. The Bertz CT molecular complexity index is 450. The molecule has 1 aliphatic heterocycles. The molecule has 4 nitrogen and oxygen atoms in total. The molecule has 0 fully saturated rings. The van der Waals surface area contributed by atoms with Gasteiger partial charge in [0.25, 0.3) is 5.91 Å². The molecule has 4 heteroatoms. The molecule has 0 unspecified atom stereocenters. The normalized spacial score (nSPS) is 18.0. The molecule has 0 saturated heterocycles. The maximum atomic E-state index is 13.0. The van der Waals surface area contributed by atoms with Crippen LogP contribution in [-0.4, -0.2) is 29.8 Å². The van der Waals surface area contributed by atoms with Crippen LogP contribution in [0.25, 0.3) is 0 Å². The number of carbonyl (C=O) groups is 2. The minimum atomic E-state index is -0.304. The van der Waals surface area contributed by atoms with Crippen molar-refractivity contribution in [3.63, 3.8) is 0 Å². The van der Waals surface area contributed by atoms with Crippen LogP contribution in [0.1, 0.15) is 61.3 Å². The van der Waals surface area contributed by atoms with E-state index in [1.807, 2.05) is 20.8 Å². The van der Waals surface area contributed by atoms with Gasteiger partial charge in [-0.25, -0.2) is 0 Å². The first-order chi connectivity index (χ1) is 9.50. The number of allylic oxidation sites excluding steroid dienone is 1. The molecule has 1 aliphatic rings. The lowest BCUT2D eigenvalue weighted by atomic mass is 9.78. The fourth-order valence-electron chi connectivity index (χ4n) is 2.58. The third-order valence-corrected chi connectivity index (χ3v) is 3.66. The molecule has 21 heavy (non-hydrogen) atoms. The number of nitrogens with one attached hydrogen (secondary N) is 1. The number of unbranched alkanes of at least 4 members (excludes halogenated alkanes) is 1. The van der Waals surface area contributed by atoms with E-state index in [9.17, 15) is 9.59 Å². The van der Waals surface area contributed by atoms with E-state index in [2.05, 4.69) is 33.0 Å². The highest BCUT2D eigenvalue weighted by Crippen LogP contribution is 2.37. The molecule has 0 aromatic rings. The highest BCUT2D eigenvalue weighted by molar-refractivity contribution is 6.07. The van der Waals surface area contributed by atoms with E-state index in [1.165, 1.54) is 4.90 Å². The zero-order valence-electron chi connectivity index (χ0n) is 14.6. The first-order valence-corrected chi connectivity index (χ1v) is 7.84. The van der Waals surface area contributed by atoms with Gasteiger partial charge in [0, 0.05) is 23.2 Å². The Labute approximate surface area is 129 Å². The Kier molecular flexibility index (Phi) is 5.24. The third-order valence-electron chi connectivity index (χ3n) is 3.66. The molecule has 1 rings (SSSR count). The van der Waals surface area contributed by atoms with Gasteiger partial charge in [-0.05, 0) is 11.8 Å². The standard InChI is InChI=1S/C17H30N2O2/c1-8-9-10-19-12(20)11-18-14(17(5,6)7)13(15(19)21)16(2,3)4/h18H,8-11H2,1-7H3. The van der Waals surface area contributed by atoms with Crippen molar-refractivity contribution in [3.8, 4) is 0 Å². The Balaban J connectivity index is 3.36. The van der Waals surface area contributed by atoms with Crippen LogP contribution in [0, 0.1) is 10.8 Å². The average Bonchev–Trinajstić information content (AvgIpc) is 2.43. The molecule has 1 N–H and O–H groups in total. The van der Waals surface area contributed by atoms with Crippen LogP contribution in [0.5, 0.6) is 0 Å². The summed E-state index contributed by atoms with van der Waals surface area (Å²) in [6.45, 7) is 15.1. The Morgan fingerprint density at radius 1 is 1.05 bits per heavy atom. The van der Waals surface area contributed by atoms with Crippen molar-refractivity contribution in [2.45, 2.75) is 61.3 Å². The second kappa shape index (κ2) is 6.20. The molecular weight excluding hydrogens is 264 g/mol. The number of hydrogen-bond donors (Lipinski definition) is 1. The van der Waals surface area contributed by atoms with E-state index >= 15 is 0 Å². The maximum Gasteiger partial charge on any atom is 0.258 e. The number of imide groups is 1. The zero-order chi connectivity index (χ0) is 16.4. The average molecular weight is 294 g/mol. The second-order valence-electron chi connectivity index (χ2n) is 7.81. The van der Waals surface area contributed by atoms with Gasteiger partial charge in [-0.1, -0.05) is 54.9 Å². The number of rotatable bonds is 3. The van der Waals surface area contributed by atoms with Crippen LogP contribution in [0.3, 0.4) is 0 Å². The van der Waals surface area contributed by atoms with Gasteiger partial charge in [0.05, 0.1) is 6.54 Å². The predicted molar refractivity (Wildman–Crippen MR) is 85.6 cm³/mol. The molecule has 2 amide bonds. The van der Waals surface area contributed by atoms with Crippen molar-refractivity contribution in [3.05, 3.63) is 11.3 Å². The van der Waals surface area contributed by atoms with Crippen LogP contribution < -0.4 is 5.32 Å². The molecule has 120 valence electrons. The summed E-state index contributed by atoms with van der Waals surface area (Å²) < 4.78 is 0. The van der Waals surface area contributed by atoms with Gasteiger partial charge in [0.1, 0.15) is 0 Å². The van der Waals surface area contributed by atoms with Crippen LogP contribution in [0.15, 0.2) is 11.3 Å². The molecule has 0 aromatic carbocycles. The van der Waals surface area contributed by atoms with E-state index in [1.54, 1.807) is 0 Å². The number of carbonyl (C=O) groups excluding carboxylic acids is 2. The highest BCUT2D eigenvalue weighted by atomic mass is 16.2. The number of amides is 2. The number of nitrogens with zero attached hydrogens (tertiary/aromatic N) is 1. The molecular formula is C17H30N2O2. The minimum Gasteiger partial charge on any atom is -0.379 e. The molecule has 0 spiro atoms. The lowest BCUT2D eigenvalue weighted by Gasteiger charge is -2.32. The van der Waals surface area contributed by atoms with Crippen molar-refractivity contribution in [2.24, 2.45) is 10.8 Å². The van der Waals surface area contributed by atoms with E-state index in [-0.39, 0.29) is 29.2 Å². The zero-order valence-corrected chi connectivity index (χ0v) is 14.6. The molecule has 0 bridgehead atoms. The molecule has 0 aliphatic carbocycles. The SMILES string of the molecule is CCCCN1C(=O)CNC(C(C)(C)C)=C(C(C)(C)C)C1=O. The van der Waals surface area contributed by atoms with Gasteiger partial charge in [-0.15, -0.1) is 0 Å². The summed E-state index contributed by atoms with van der Waals surface area (Å²) in [6, 6.07) is 0. The summed E-state index contributed by atoms with van der Waals surface area (Å²) in [4.78, 5) is 26.7. The fourth-order valence-corrected chi connectivity index (χ4v) is 2.58. The number of hydrogen-bond acceptors (Lipinski definition) is 3.